The van der Waals surface area contributed by atoms with E-state index < -0.39 is 0 Å². The molecule has 0 atom stereocenters. The van der Waals surface area contributed by atoms with E-state index in [4.69, 9.17) is 10.4 Å². The molecule has 0 aliphatic rings. The predicted molar refractivity (Wildman–Crippen MR) is 106 cm³/mol. The number of fused-ring (bicyclic) bond motifs is 1. The van der Waals surface area contributed by atoms with Crippen LogP contribution in [0.15, 0.2) is 54.7 Å². The van der Waals surface area contributed by atoms with Gasteiger partial charge in [-0.3, -0.25) is 4.79 Å². The lowest BCUT2D eigenvalue weighted by atomic mass is 10.1. The summed E-state index contributed by atoms with van der Waals surface area (Å²) in [5.74, 6) is -0.224. The summed E-state index contributed by atoms with van der Waals surface area (Å²) in [4.78, 5) is 17.1. The van der Waals surface area contributed by atoms with Gasteiger partial charge in [-0.05, 0) is 24.3 Å². The van der Waals surface area contributed by atoms with Crippen molar-refractivity contribution in [1.29, 1.82) is 5.26 Å². The summed E-state index contributed by atoms with van der Waals surface area (Å²) < 4.78 is 1.78. The maximum atomic E-state index is 11.9. The SMILES string of the molecule is N#Cc1ccc(-c2cnc3sc(-c4ccc(C(=O)NCCO)cc4)nn23)cc1. The van der Waals surface area contributed by atoms with Crippen LogP contribution in [0.2, 0.25) is 0 Å². The second-order valence-electron chi connectivity index (χ2n) is 5.99. The molecule has 2 aromatic carbocycles. The lowest BCUT2D eigenvalue weighted by Gasteiger charge is -2.03. The molecule has 0 radical (unpaired) electrons. The zero-order chi connectivity index (χ0) is 19.5. The first-order valence-electron chi connectivity index (χ1n) is 8.54. The van der Waals surface area contributed by atoms with Crippen molar-refractivity contribution in [3.63, 3.8) is 0 Å². The number of aromatic nitrogens is 3. The van der Waals surface area contributed by atoms with E-state index in [-0.39, 0.29) is 19.1 Å². The van der Waals surface area contributed by atoms with Gasteiger partial charge in [0.15, 0.2) is 0 Å². The van der Waals surface area contributed by atoms with Gasteiger partial charge in [-0.25, -0.2) is 9.50 Å². The van der Waals surface area contributed by atoms with Crippen molar-refractivity contribution in [2.75, 3.05) is 13.2 Å². The molecule has 28 heavy (non-hydrogen) atoms. The highest BCUT2D eigenvalue weighted by Gasteiger charge is 2.13. The van der Waals surface area contributed by atoms with E-state index in [0.29, 0.717) is 11.1 Å². The van der Waals surface area contributed by atoms with Gasteiger partial charge in [-0.2, -0.15) is 10.4 Å². The smallest absolute Gasteiger partial charge is 0.251 e. The quantitative estimate of drug-likeness (QED) is 0.546. The minimum Gasteiger partial charge on any atom is -0.395 e. The molecule has 138 valence electrons. The van der Waals surface area contributed by atoms with Crippen molar-refractivity contribution in [3.8, 4) is 27.9 Å². The Morgan fingerprint density at radius 3 is 2.54 bits per heavy atom. The Morgan fingerprint density at radius 1 is 1.14 bits per heavy atom. The first-order chi connectivity index (χ1) is 13.7. The van der Waals surface area contributed by atoms with Gasteiger partial charge in [0, 0.05) is 23.2 Å². The van der Waals surface area contributed by atoms with Gasteiger partial charge in [0.25, 0.3) is 5.91 Å². The maximum Gasteiger partial charge on any atom is 0.251 e. The van der Waals surface area contributed by atoms with Crippen LogP contribution in [-0.4, -0.2) is 38.8 Å². The number of aliphatic hydroxyl groups excluding tert-OH is 1. The van der Waals surface area contributed by atoms with Crippen LogP contribution in [0.5, 0.6) is 0 Å². The van der Waals surface area contributed by atoms with Crippen molar-refractivity contribution < 1.29 is 9.90 Å². The number of rotatable bonds is 5. The second kappa shape index (κ2) is 7.60. The molecule has 2 heterocycles. The summed E-state index contributed by atoms with van der Waals surface area (Å²) in [5.41, 5.74) is 3.80. The Hall–Kier alpha value is -3.54. The first-order valence-corrected chi connectivity index (χ1v) is 9.36. The summed E-state index contributed by atoms with van der Waals surface area (Å²) in [6.07, 6.45) is 1.76. The number of carbonyl (C=O) groups is 1. The molecule has 8 heteroatoms. The lowest BCUT2D eigenvalue weighted by Crippen LogP contribution is -2.26. The molecule has 0 fully saturated rings. The molecular weight excluding hydrogens is 374 g/mol. The Labute approximate surface area is 164 Å². The van der Waals surface area contributed by atoms with Crippen molar-refractivity contribution in [3.05, 3.63) is 65.9 Å². The van der Waals surface area contributed by atoms with E-state index in [1.807, 2.05) is 24.3 Å². The zero-order valence-electron chi connectivity index (χ0n) is 14.7. The van der Waals surface area contributed by atoms with Crippen LogP contribution in [-0.2, 0) is 0 Å². The Bertz CT molecular complexity index is 1170. The molecule has 2 aromatic heterocycles. The van der Waals surface area contributed by atoms with Crippen LogP contribution < -0.4 is 5.32 Å². The Balaban J connectivity index is 1.62. The number of nitrogens with one attached hydrogen (secondary N) is 1. The number of imidazole rings is 1. The van der Waals surface area contributed by atoms with Gasteiger partial charge in [-0.1, -0.05) is 35.6 Å². The Morgan fingerprint density at radius 2 is 1.86 bits per heavy atom. The van der Waals surface area contributed by atoms with E-state index in [0.717, 1.165) is 26.8 Å². The third kappa shape index (κ3) is 3.36. The number of amides is 1. The van der Waals surface area contributed by atoms with Gasteiger partial charge in [-0.15, -0.1) is 0 Å². The fourth-order valence-electron chi connectivity index (χ4n) is 2.76. The number of benzene rings is 2. The summed E-state index contributed by atoms with van der Waals surface area (Å²) in [7, 11) is 0. The second-order valence-corrected chi connectivity index (χ2v) is 6.95. The van der Waals surface area contributed by atoms with E-state index in [1.165, 1.54) is 11.3 Å². The standard InChI is InChI=1S/C20H15N5O2S/c21-11-13-1-3-14(4-2-13)17-12-23-20-25(17)24-19(28-20)16-7-5-15(6-8-16)18(27)22-9-10-26/h1-8,12,26H,9-10H2,(H,22,27). The van der Waals surface area contributed by atoms with E-state index in [1.54, 1.807) is 35.0 Å². The lowest BCUT2D eigenvalue weighted by molar-refractivity contribution is 0.0945. The molecule has 0 aliphatic heterocycles. The van der Waals surface area contributed by atoms with Gasteiger partial charge < -0.3 is 10.4 Å². The van der Waals surface area contributed by atoms with Crippen molar-refractivity contribution in [1.82, 2.24) is 19.9 Å². The third-order valence-electron chi connectivity index (χ3n) is 4.19. The third-order valence-corrected chi connectivity index (χ3v) is 5.16. The molecule has 1 amide bonds. The summed E-state index contributed by atoms with van der Waals surface area (Å²) in [6, 6.07) is 16.5. The van der Waals surface area contributed by atoms with Crippen LogP contribution in [0.3, 0.4) is 0 Å². The molecule has 0 saturated carbocycles. The number of hydrogen-bond acceptors (Lipinski definition) is 6. The van der Waals surface area contributed by atoms with Gasteiger partial charge in [0.05, 0.1) is 30.1 Å². The summed E-state index contributed by atoms with van der Waals surface area (Å²) in [6.45, 7) is 0.132. The van der Waals surface area contributed by atoms with Gasteiger partial charge in [0.1, 0.15) is 5.01 Å². The first kappa shape index (κ1) is 17.9. The topological polar surface area (TPSA) is 103 Å². The highest BCUT2D eigenvalue weighted by atomic mass is 32.1. The summed E-state index contributed by atoms with van der Waals surface area (Å²) in [5, 5.41) is 25.8. The fourth-order valence-corrected chi connectivity index (χ4v) is 3.64. The highest BCUT2D eigenvalue weighted by molar-refractivity contribution is 7.19. The average molecular weight is 389 g/mol. The Kier molecular flexibility index (Phi) is 4.85. The number of aliphatic hydroxyl groups is 1. The fraction of sp³-hybridized carbons (Fsp3) is 0.100. The van der Waals surface area contributed by atoms with Crippen LogP contribution in [0.25, 0.3) is 26.8 Å². The average Bonchev–Trinajstić information content (AvgIpc) is 3.33. The minimum atomic E-state index is -0.224. The number of nitrogens with zero attached hydrogens (tertiary/aromatic N) is 4. The van der Waals surface area contributed by atoms with Crippen molar-refractivity contribution >= 4 is 22.2 Å². The molecule has 0 unspecified atom stereocenters. The number of carbonyl (C=O) groups excluding carboxylic acids is 1. The van der Waals surface area contributed by atoms with Crippen molar-refractivity contribution in [2.24, 2.45) is 0 Å². The predicted octanol–water partition coefficient (Wildman–Crippen LogP) is 2.72. The van der Waals surface area contributed by atoms with Gasteiger partial charge in [0.2, 0.25) is 4.96 Å². The highest BCUT2D eigenvalue weighted by Crippen LogP contribution is 2.29. The molecule has 0 aliphatic carbocycles. The van der Waals surface area contributed by atoms with Crippen LogP contribution >= 0.6 is 11.3 Å². The van der Waals surface area contributed by atoms with E-state index >= 15 is 0 Å². The minimum absolute atomic E-state index is 0.0930. The largest absolute Gasteiger partial charge is 0.395 e. The van der Waals surface area contributed by atoms with Crippen LogP contribution in [0.4, 0.5) is 0 Å². The van der Waals surface area contributed by atoms with Crippen LogP contribution in [0.1, 0.15) is 15.9 Å². The molecule has 7 nitrogen and oxygen atoms in total. The molecule has 2 N–H and O–H groups in total. The zero-order valence-corrected chi connectivity index (χ0v) is 15.5. The van der Waals surface area contributed by atoms with Crippen molar-refractivity contribution in [2.45, 2.75) is 0 Å². The number of nitriles is 1. The molecule has 0 spiro atoms. The van der Waals surface area contributed by atoms with E-state index in [9.17, 15) is 4.79 Å². The van der Waals surface area contributed by atoms with E-state index in [2.05, 4.69) is 21.5 Å². The normalized spacial score (nSPS) is 10.7. The molecule has 0 bridgehead atoms. The number of hydrogen-bond donors (Lipinski definition) is 2. The molecular formula is C20H15N5O2S. The summed E-state index contributed by atoms with van der Waals surface area (Å²) >= 11 is 1.46. The maximum absolute atomic E-state index is 11.9. The van der Waals surface area contributed by atoms with Gasteiger partial charge >= 0.3 is 0 Å². The molecule has 4 aromatic rings. The van der Waals surface area contributed by atoms with Crippen LogP contribution in [0, 0.1) is 11.3 Å². The molecule has 0 saturated heterocycles. The molecule has 4 rings (SSSR count). The monoisotopic (exact) mass is 389 g/mol.